The number of carbonyl (C=O) groups excluding carboxylic acids is 1. The summed E-state index contributed by atoms with van der Waals surface area (Å²) in [6.45, 7) is 2.70. The number of fused-ring (bicyclic) bond motifs is 3. The zero-order valence-corrected chi connectivity index (χ0v) is 13.8. The van der Waals surface area contributed by atoms with E-state index in [0.29, 0.717) is 31.2 Å². The number of hydrogen-bond donors (Lipinski definition) is 2. The summed E-state index contributed by atoms with van der Waals surface area (Å²) in [7, 11) is 0. The number of rotatable bonds is 1. The van der Waals surface area contributed by atoms with Gasteiger partial charge in [-0.3, -0.25) is 4.79 Å². The lowest BCUT2D eigenvalue weighted by atomic mass is 10.2. The highest BCUT2D eigenvalue weighted by Gasteiger charge is 2.23. The molecule has 6 nitrogen and oxygen atoms in total. The summed E-state index contributed by atoms with van der Waals surface area (Å²) in [5, 5.41) is 2.47. The maximum absolute atomic E-state index is 11.4. The summed E-state index contributed by atoms with van der Waals surface area (Å²) in [6, 6.07) is 5.72. The number of thiol groups is 1. The number of H-pyrrole nitrogens is 1. The van der Waals surface area contributed by atoms with Crippen LogP contribution in [0.1, 0.15) is 0 Å². The molecule has 8 heteroatoms. The second kappa shape index (κ2) is 5.58. The zero-order chi connectivity index (χ0) is 16.0. The van der Waals surface area contributed by atoms with Crippen LogP contribution in [0.15, 0.2) is 24.5 Å². The second-order valence-electron chi connectivity index (χ2n) is 5.49. The predicted octanol–water partition coefficient (Wildman–Crippen LogP) is 2.94. The topological polar surface area (TPSA) is 65.1 Å². The Balaban J connectivity index is 1.80. The number of benzene rings is 1. The van der Waals surface area contributed by atoms with Crippen molar-refractivity contribution in [1.29, 1.82) is 0 Å². The highest BCUT2D eigenvalue weighted by molar-refractivity contribution is 7.96. The van der Waals surface area contributed by atoms with Crippen molar-refractivity contribution in [1.82, 2.24) is 19.9 Å². The maximum Gasteiger partial charge on any atom is 0.278 e. The third-order valence-electron chi connectivity index (χ3n) is 4.18. The Hall–Kier alpha value is -1.99. The summed E-state index contributed by atoms with van der Waals surface area (Å²) >= 11 is 10.0. The largest absolute Gasteiger partial charge is 0.352 e. The van der Waals surface area contributed by atoms with Gasteiger partial charge in [0.25, 0.3) is 5.24 Å². The molecular formula is C15H14ClN5OS. The average Bonchev–Trinajstić information content (AvgIpc) is 2.93. The lowest BCUT2D eigenvalue weighted by Crippen LogP contribution is -2.47. The number of amides is 1. The molecule has 1 aliphatic rings. The molecule has 1 N–H and O–H groups in total. The monoisotopic (exact) mass is 347 g/mol. The van der Waals surface area contributed by atoms with Crippen LogP contribution >= 0.6 is 24.2 Å². The van der Waals surface area contributed by atoms with Gasteiger partial charge in [0.2, 0.25) is 0 Å². The summed E-state index contributed by atoms with van der Waals surface area (Å²) in [6.07, 6.45) is 1.56. The van der Waals surface area contributed by atoms with E-state index in [4.69, 9.17) is 11.6 Å². The standard InChI is InChI=1S/C15H14ClN5OS/c16-9-1-2-11-10(7-9)12-13(19-11)17-8-18-14(12)20-3-5-21(6-4-20)15(22)23/h1-2,7-8H,3-6H2,(H,22,23)(H,17,18,19). The number of halogens is 1. The van der Waals surface area contributed by atoms with Crippen LogP contribution in [0, 0.1) is 0 Å². The molecule has 1 aromatic carbocycles. The molecule has 1 saturated heterocycles. The molecule has 4 rings (SSSR count). The van der Waals surface area contributed by atoms with Gasteiger partial charge in [-0.05, 0) is 18.2 Å². The Labute approximate surface area is 142 Å². The van der Waals surface area contributed by atoms with E-state index in [2.05, 4.69) is 32.5 Å². The van der Waals surface area contributed by atoms with Gasteiger partial charge in [0, 0.05) is 42.1 Å². The van der Waals surface area contributed by atoms with Gasteiger partial charge >= 0.3 is 0 Å². The molecule has 0 bridgehead atoms. The van der Waals surface area contributed by atoms with Crippen LogP contribution in [0.2, 0.25) is 5.02 Å². The van der Waals surface area contributed by atoms with Crippen molar-refractivity contribution in [2.24, 2.45) is 0 Å². The average molecular weight is 348 g/mol. The summed E-state index contributed by atoms with van der Waals surface area (Å²) in [5.74, 6) is 0.870. The Bertz CT molecular complexity index is 903. The van der Waals surface area contributed by atoms with E-state index in [1.54, 1.807) is 11.2 Å². The van der Waals surface area contributed by atoms with Crippen molar-refractivity contribution < 1.29 is 4.79 Å². The van der Waals surface area contributed by atoms with Gasteiger partial charge in [-0.25, -0.2) is 9.97 Å². The smallest absolute Gasteiger partial charge is 0.278 e. The number of carbonyl (C=O) groups is 1. The molecule has 3 aromatic rings. The van der Waals surface area contributed by atoms with Crippen LogP contribution < -0.4 is 4.90 Å². The lowest BCUT2D eigenvalue weighted by molar-refractivity contribution is 0.220. The molecule has 1 fully saturated rings. The van der Waals surface area contributed by atoms with Gasteiger partial charge in [0.1, 0.15) is 17.8 Å². The quantitative estimate of drug-likeness (QED) is 0.664. The van der Waals surface area contributed by atoms with Crippen molar-refractivity contribution in [3.05, 3.63) is 29.5 Å². The van der Waals surface area contributed by atoms with Gasteiger partial charge in [-0.2, -0.15) is 0 Å². The van der Waals surface area contributed by atoms with Gasteiger partial charge in [0.15, 0.2) is 0 Å². The van der Waals surface area contributed by atoms with E-state index in [1.165, 1.54) is 0 Å². The van der Waals surface area contributed by atoms with Crippen LogP contribution in [-0.2, 0) is 0 Å². The Morgan fingerprint density at radius 2 is 2.00 bits per heavy atom. The van der Waals surface area contributed by atoms with Crippen molar-refractivity contribution in [3.8, 4) is 0 Å². The third kappa shape index (κ3) is 2.49. The number of aromatic amines is 1. The number of piperazine rings is 1. The molecule has 3 heterocycles. The van der Waals surface area contributed by atoms with E-state index >= 15 is 0 Å². The number of aromatic nitrogens is 3. The molecule has 23 heavy (non-hydrogen) atoms. The Morgan fingerprint density at radius 3 is 2.74 bits per heavy atom. The van der Waals surface area contributed by atoms with Crippen LogP contribution in [0.5, 0.6) is 0 Å². The Kier molecular flexibility index (Phi) is 3.54. The SMILES string of the molecule is O=C(S)N1CCN(c2ncnc3[nH]c4ccc(Cl)cc4c23)CC1. The van der Waals surface area contributed by atoms with Gasteiger partial charge < -0.3 is 14.8 Å². The molecule has 0 saturated carbocycles. The van der Waals surface area contributed by atoms with Crippen LogP contribution in [0.4, 0.5) is 10.6 Å². The molecule has 0 atom stereocenters. The number of nitrogens with zero attached hydrogens (tertiary/aromatic N) is 4. The Morgan fingerprint density at radius 1 is 1.22 bits per heavy atom. The van der Waals surface area contributed by atoms with Crippen molar-refractivity contribution in [3.63, 3.8) is 0 Å². The van der Waals surface area contributed by atoms with Crippen molar-refractivity contribution in [2.45, 2.75) is 0 Å². The molecule has 0 radical (unpaired) electrons. The molecular weight excluding hydrogens is 334 g/mol. The normalized spacial score (nSPS) is 15.6. The van der Waals surface area contributed by atoms with Crippen molar-refractivity contribution >= 4 is 57.2 Å². The molecule has 1 amide bonds. The van der Waals surface area contributed by atoms with E-state index in [9.17, 15) is 4.79 Å². The molecule has 0 aliphatic carbocycles. The van der Waals surface area contributed by atoms with Crippen molar-refractivity contribution in [2.75, 3.05) is 31.1 Å². The van der Waals surface area contributed by atoms with Gasteiger partial charge in [0.05, 0.1) is 5.39 Å². The molecule has 0 unspecified atom stereocenters. The lowest BCUT2D eigenvalue weighted by Gasteiger charge is -2.34. The van der Waals surface area contributed by atoms with Crippen LogP contribution in [-0.4, -0.2) is 51.3 Å². The minimum Gasteiger partial charge on any atom is -0.352 e. The van der Waals surface area contributed by atoms with E-state index < -0.39 is 0 Å². The van der Waals surface area contributed by atoms with Crippen LogP contribution in [0.3, 0.4) is 0 Å². The summed E-state index contributed by atoms with van der Waals surface area (Å²) < 4.78 is 0. The predicted molar refractivity (Wildman–Crippen MR) is 94.6 cm³/mol. The minimum absolute atomic E-state index is 0.184. The van der Waals surface area contributed by atoms with Gasteiger partial charge in [-0.15, -0.1) is 0 Å². The first-order valence-electron chi connectivity index (χ1n) is 7.28. The van der Waals surface area contributed by atoms with E-state index in [0.717, 1.165) is 27.8 Å². The number of hydrogen-bond acceptors (Lipinski definition) is 4. The minimum atomic E-state index is -0.184. The first-order chi connectivity index (χ1) is 11.1. The second-order valence-corrected chi connectivity index (χ2v) is 6.31. The molecule has 2 aromatic heterocycles. The van der Waals surface area contributed by atoms with Crippen LogP contribution in [0.25, 0.3) is 21.9 Å². The zero-order valence-electron chi connectivity index (χ0n) is 12.2. The number of anilines is 1. The highest BCUT2D eigenvalue weighted by atomic mass is 35.5. The maximum atomic E-state index is 11.4. The first kappa shape index (κ1) is 14.6. The fraction of sp³-hybridized carbons (Fsp3) is 0.267. The first-order valence-corrected chi connectivity index (χ1v) is 8.11. The van der Waals surface area contributed by atoms with E-state index in [1.807, 2.05) is 18.2 Å². The highest BCUT2D eigenvalue weighted by Crippen LogP contribution is 2.32. The van der Waals surface area contributed by atoms with E-state index in [-0.39, 0.29) is 5.24 Å². The fourth-order valence-corrected chi connectivity index (χ4v) is 3.40. The summed E-state index contributed by atoms with van der Waals surface area (Å²) in [4.78, 5) is 27.4. The van der Waals surface area contributed by atoms with Gasteiger partial charge in [-0.1, -0.05) is 24.2 Å². The molecule has 118 valence electrons. The summed E-state index contributed by atoms with van der Waals surface area (Å²) in [5.41, 5.74) is 1.77. The fourth-order valence-electron chi connectivity index (χ4n) is 3.03. The number of nitrogens with one attached hydrogen (secondary N) is 1. The third-order valence-corrected chi connectivity index (χ3v) is 4.70. The molecule has 1 aliphatic heterocycles. The molecule has 0 spiro atoms.